The van der Waals surface area contributed by atoms with Crippen LogP contribution in [0.15, 0.2) is 36.4 Å². The smallest absolute Gasteiger partial charge is 0.336 e. The quantitative estimate of drug-likeness (QED) is 0.122. The Morgan fingerprint density at radius 2 is 0.241 bits per heavy atom. The van der Waals surface area contributed by atoms with E-state index in [1.54, 1.807) is 0 Å². The van der Waals surface area contributed by atoms with Gasteiger partial charge in [-0.2, -0.15) is 0 Å². The molecule has 3 aromatic rings. The standard InChI is InChI=1S/3C10H6O8.4La/c3*11-7(12)3-1-4(8(13)14)6(10(17)18)2-5(3)9(15)16;;;;/h3*1-2H,(H,11,12)(H,13,14)(H,15,16)(H,17,18);;;;. The van der Waals surface area contributed by atoms with E-state index in [0.29, 0.717) is 36.4 Å². The van der Waals surface area contributed by atoms with Crippen LogP contribution in [0.5, 0.6) is 0 Å². The molecule has 0 fully saturated rings. The second kappa shape index (κ2) is 26.2. The third kappa shape index (κ3) is 16.0. The van der Waals surface area contributed by atoms with Crippen LogP contribution in [0, 0.1) is 142 Å². The molecule has 294 valence electrons. The normalized spacial score (nSPS) is 9.10. The first kappa shape index (κ1) is 60.8. The predicted octanol–water partition coefficient (Wildman–Crippen LogP) is 1.44. The Bertz CT molecular complexity index is 1690. The number of benzene rings is 3. The number of carboxylic acid groups (broad SMARTS) is 12. The van der Waals surface area contributed by atoms with E-state index in [0.717, 1.165) is 0 Å². The maximum atomic E-state index is 10.8. The van der Waals surface area contributed by atoms with Crippen LogP contribution in [-0.2, 0) is 0 Å². The summed E-state index contributed by atoms with van der Waals surface area (Å²) in [6, 6.07) is 3.07. The Morgan fingerprint density at radius 1 is 0.190 bits per heavy atom. The number of hydrogen-bond acceptors (Lipinski definition) is 12. The number of carboxylic acids is 12. The Morgan fingerprint density at radius 3 is 0.276 bits per heavy atom. The van der Waals surface area contributed by atoms with Gasteiger partial charge in [-0.1, -0.05) is 0 Å². The molecule has 0 aromatic heterocycles. The molecule has 0 saturated carbocycles. The third-order valence-corrected chi connectivity index (χ3v) is 6.24. The zero-order valence-electron chi connectivity index (χ0n) is 28.0. The molecule has 24 nitrogen and oxygen atoms in total. The van der Waals surface area contributed by atoms with E-state index in [9.17, 15) is 57.5 Å². The van der Waals surface area contributed by atoms with Gasteiger partial charge in [-0.25, -0.2) is 57.5 Å². The Hall–Kier alpha value is -3.92. The molecule has 0 bridgehead atoms. The fourth-order valence-corrected chi connectivity index (χ4v) is 3.92. The van der Waals surface area contributed by atoms with Crippen LogP contribution >= 0.6 is 0 Å². The molecule has 3 aromatic carbocycles. The first-order valence-electron chi connectivity index (χ1n) is 13.1. The van der Waals surface area contributed by atoms with Crippen molar-refractivity contribution in [2.24, 2.45) is 0 Å². The summed E-state index contributed by atoms with van der Waals surface area (Å²) in [5.41, 5.74) is -9.45. The molecule has 3 rings (SSSR count). The van der Waals surface area contributed by atoms with Gasteiger partial charge in [0.05, 0.1) is 66.8 Å². The summed E-state index contributed by atoms with van der Waals surface area (Å²) < 4.78 is 0. The average Bonchev–Trinajstić information content (AvgIpc) is 3.06. The van der Waals surface area contributed by atoms with E-state index in [-0.39, 0.29) is 142 Å². The molecule has 0 atom stereocenters. The average molecular weight is 1320 g/mol. The van der Waals surface area contributed by atoms with E-state index in [2.05, 4.69) is 0 Å². The van der Waals surface area contributed by atoms with E-state index < -0.39 is 138 Å². The number of aromatic carboxylic acids is 12. The third-order valence-electron chi connectivity index (χ3n) is 6.24. The molecule has 0 aliphatic rings. The Balaban J connectivity index is -0.000000364. The van der Waals surface area contributed by atoms with Crippen LogP contribution < -0.4 is 0 Å². The molecule has 0 spiro atoms. The van der Waals surface area contributed by atoms with Gasteiger partial charge in [0.15, 0.2) is 0 Å². The van der Waals surface area contributed by atoms with E-state index in [1.807, 2.05) is 0 Å². The molecule has 0 aliphatic heterocycles. The zero-order chi connectivity index (χ0) is 42.1. The fourth-order valence-electron chi connectivity index (χ4n) is 3.92. The predicted molar refractivity (Wildman–Crippen MR) is 163 cm³/mol. The van der Waals surface area contributed by atoms with Gasteiger partial charge in [0.1, 0.15) is 0 Å². The second-order valence-electron chi connectivity index (χ2n) is 9.49. The minimum Gasteiger partial charge on any atom is -0.478 e. The zero-order valence-corrected chi connectivity index (χ0v) is 42.5. The van der Waals surface area contributed by atoms with Crippen molar-refractivity contribution < 1.29 is 261 Å². The van der Waals surface area contributed by atoms with Gasteiger partial charge in [-0.15, -0.1) is 0 Å². The molecule has 12 N–H and O–H groups in total. The first-order chi connectivity index (χ1) is 24.8. The van der Waals surface area contributed by atoms with Crippen LogP contribution in [0.25, 0.3) is 0 Å². The summed E-state index contributed by atoms with van der Waals surface area (Å²) >= 11 is 0. The fraction of sp³-hybridized carbons (Fsp3) is 0. The molecular weight excluding hydrogens is 1300 g/mol. The molecular formula is C30H18La4O24. The molecule has 0 saturated heterocycles. The molecule has 0 unspecified atom stereocenters. The summed E-state index contributed by atoms with van der Waals surface area (Å²) in [5, 5.41) is 105. The summed E-state index contributed by atoms with van der Waals surface area (Å²) in [4.78, 5) is 129. The van der Waals surface area contributed by atoms with Gasteiger partial charge in [0, 0.05) is 142 Å². The number of carbonyl (C=O) groups is 12. The van der Waals surface area contributed by atoms with Crippen molar-refractivity contribution in [2.75, 3.05) is 0 Å². The van der Waals surface area contributed by atoms with Gasteiger partial charge in [-0.3, -0.25) is 0 Å². The van der Waals surface area contributed by atoms with Crippen LogP contribution in [0.4, 0.5) is 0 Å². The van der Waals surface area contributed by atoms with Crippen molar-refractivity contribution >= 4 is 71.6 Å². The van der Waals surface area contributed by atoms with E-state index in [1.165, 1.54) is 0 Å². The minimum absolute atomic E-state index is 0. The van der Waals surface area contributed by atoms with Gasteiger partial charge in [-0.05, 0) is 36.4 Å². The largest absolute Gasteiger partial charge is 0.478 e. The van der Waals surface area contributed by atoms with E-state index >= 15 is 0 Å². The van der Waals surface area contributed by atoms with Gasteiger partial charge >= 0.3 is 71.6 Å². The molecule has 4 radical (unpaired) electrons. The maximum absolute atomic E-state index is 10.8. The number of hydrogen-bond donors (Lipinski definition) is 12. The van der Waals surface area contributed by atoms with Crippen molar-refractivity contribution in [1.29, 1.82) is 0 Å². The maximum Gasteiger partial charge on any atom is 0.336 e. The molecule has 0 aliphatic carbocycles. The van der Waals surface area contributed by atoms with Gasteiger partial charge in [0.25, 0.3) is 0 Å². The monoisotopic (exact) mass is 1320 g/mol. The van der Waals surface area contributed by atoms with Crippen molar-refractivity contribution in [1.82, 2.24) is 0 Å². The SMILES string of the molecule is O=C(O)c1cc(C(=O)O)c(C(=O)O)cc1C(=O)O.O=C(O)c1cc(C(=O)O)c(C(=O)O)cc1C(=O)O.O=C(O)c1cc(C(=O)O)c(C(=O)O)cc1C(=O)O.[La].[La].[La].[La]. The Labute approximate surface area is 430 Å². The van der Waals surface area contributed by atoms with Gasteiger partial charge in [0.2, 0.25) is 0 Å². The Kier molecular flexibility index (Phi) is 27.5. The summed E-state index contributed by atoms with van der Waals surface area (Å²) in [5.74, 6) is -19.9. The molecule has 28 heteroatoms. The topological polar surface area (TPSA) is 448 Å². The minimum atomic E-state index is -1.66. The van der Waals surface area contributed by atoms with E-state index in [4.69, 9.17) is 61.3 Å². The van der Waals surface area contributed by atoms with Crippen molar-refractivity contribution in [3.8, 4) is 0 Å². The van der Waals surface area contributed by atoms with Crippen molar-refractivity contribution in [2.45, 2.75) is 0 Å². The van der Waals surface area contributed by atoms with Gasteiger partial charge < -0.3 is 61.3 Å². The summed E-state index contributed by atoms with van der Waals surface area (Å²) in [6.07, 6.45) is 0. The summed E-state index contributed by atoms with van der Waals surface area (Å²) in [7, 11) is 0. The van der Waals surface area contributed by atoms with Crippen LogP contribution in [0.3, 0.4) is 0 Å². The second-order valence-corrected chi connectivity index (χ2v) is 9.49. The molecule has 58 heavy (non-hydrogen) atoms. The molecule has 0 heterocycles. The van der Waals surface area contributed by atoms with Crippen LogP contribution in [0.2, 0.25) is 0 Å². The van der Waals surface area contributed by atoms with Crippen molar-refractivity contribution in [3.63, 3.8) is 0 Å². The molecule has 0 amide bonds. The van der Waals surface area contributed by atoms with Crippen LogP contribution in [0.1, 0.15) is 124 Å². The van der Waals surface area contributed by atoms with Crippen molar-refractivity contribution in [3.05, 3.63) is 103 Å². The van der Waals surface area contributed by atoms with Crippen LogP contribution in [-0.4, -0.2) is 133 Å². The summed E-state index contributed by atoms with van der Waals surface area (Å²) in [6.45, 7) is 0. The number of rotatable bonds is 12. The first-order valence-corrected chi connectivity index (χ1v) is 13.1.